The molecule has 0 saturated heterocycles. The van der Waals surface area contributed by atoms with E-state index in [1.165, 1.54) is 0 Å². The number of hydrogen-bond donors (Lipinski definition) is 2. The first-order valence-corrected chi connectivity index (χ1v) is 2.04. The molecule has 3 N–H and O–H groups in total. The highest BCUT2D eigenvalue weighted by Crippen LogP contribution is 1.92. The lowest BCUT2D eigenvalue weighted by Gasteiger charge is -1.72. The van der Waals surface area contributed by atoms with E-state index >= 15 is 0 Å². The Hall–Kier alpha value is -0.140. The zero-order chi connectivity index (χ0) is 4.28. The summed E-state index contributed by atoms with van der Waals surface area (Å²) in [6.07, 6.45) is 0. The summed E-state index contributed by atoms with van der Waals surface area (Å²) in [5.41, 5.74) is 3.66. The van der Waals surface area contributed by atoms with Gasteiger partial charge in [-0.15, -0.1) is 0 Å². The Morgan fingerprint density at radius 1 is 2.00 bits per heavy atom. The summed E-state index contributed by atoms with van der Waals surface area (Å²) in [4.78, 5) is 9.26. The molecule has 0 saturated carbocycles. The molecule has 1 unspecified atom stereocenters. The second-order valence-electron chi connectivity index (χ2n) is 0.449. The molecule has 0 aliphatic heterocycles. The number of rotatable bonds is 1. The Morgan fingerprint density at radius 3 is 2.20 bits per heavy atom. The van der Waals surface area contributed by atoms with Gasteiger partial charge in [-0.05, 0) is 0 Å². The fraction of sp³-hybridized carbons (Fsp3) is 0. The van der Waals surface area contributed by atoms with Crippen molar-refractivity contribution in [2.75, 3.05) is 0 Å². The van der Waals surface area contributed by atoms with Crippen LogP contribution < -0.4 is 5.50 Å². The smallest absolute Gasteiger partial charge is 0.335 e. The highest BCUT2D eigenvalue weighted by Gasteiger charge is 1.81. The number of carbonyl (C=O) groups is 1. The van der Waals surface area contributed by atoms with Crippen molar-refractivity contribution in [3.63, 3.8) is 0 Å². The van der Waals surface area contributed by atoms with Crippen LogP contribution in [0.1, 0.15) is 0 Å². The zero-order valence-electron chi connectivity index (χ0n) is 2.43. The SMILES string of the molecule is NPC(=O)O. The largest absolute Gasteiger partial charge is 0.477 e. The fourth-order valence-corrected chi connectivity index (χ4v) is 0. The van der Waals surface area contributed by atoms with Crippen LogP contribution in [0.3, 0.4) is 0 Å². The van der Waals surface area contributed by atoms with Gasteiger partial charge in [0, 0.05) is 0 Å². The summed E-state index contributed by atoms with van der Waals surface area (Å²) >= 11 is 0. The molecule has 0 amide bonds. The molecule has 0 bridgehead atoms. The molecule has 30 valence electrons. The number of carboxylic acid groups (broad SMARTS) is 1. The van der Waals surface area contributed by atoms with Gasteiger partial charge in [0.15, 0.2) is 0 Å². The highest BCUT2D eigenvalue weighted by atomic mass is 31.1. The van der Waals surface area contributed by atoms with E-state index in [1.807, 2.05) is 0 Å². The topological polar surface area (TPSA) is 63.3 Å². The second kappa shape index (κ2) is 2.12. The van der Waals surface area contributed by atoms with Crippen molar-refractivity contribution < 1.29 is 9.90 Å². The standard InChI is InChI=1S/CH4NO2P/c2-5-1(3)4/h5H,2H2,(H,3,4). The average molecular weight is 93.0 g/mol. The van der Waals surface area contributed by atoms with Crippen molar-refractivity contribution in [1.29, 1.82) is 0 Å². The summed E-state index contributed by atoms with van der Waals surface area (Å²) in [7, 11) is -0.469. The maximum Gasteiger partial charge on any atom is 0.335 e. The highest BCUT2D eigenvalue weighted by molar-refractivity contribution is 7.54. The first-order valence-electron chi connectivity index (χ1n) is 0.966. The van der Waals surface area contributed by atoms with E-state index in [2.05, 4.69) is 5.50 Å². The first kappa shape index (κ1) is 4.86. The van der Waals surface area contributed by atoms with Crippen LogP contribution in [0.5, 0.6) is 0 Å². The third-order valence-electron chi connectivity index (χ3n) is 0.123. The fourth-order valence-electron chi connectivity index (χ4n) is 0. The van der Waals surface area contributed by atoms with E-state index in [4.69, 9.17) is 5.11 Å². The lowest BCUT2D eigenvalue weighted by atomic mass is 11.6. The molecule has 0 fully saturated rings. The molecule has 0 radical (unpaired) electrons. The van der Waals surface area contributed by atoms with Crippen LogP contribution in [-0.4, -0.2) is 10.8 Å². The molecule has 0 aliphatic rings. The Labute approximate surface area is 31.0 Å². The van der Waals surface area contributed by atoms with Gasteiger partial charge in [-0.25, -0.2) is 4.79 Å². The first-order chi connectivity index (χ1) is 2.27. The van der Waals surface area contributed by atoms with Crippen molar-refractivity contribution in [3.8, 4) is 0 Å². The molecular weight excluding hydrogens is 89.0 g/mol. The van der Waals surface area contributed by atoms with Crippen LogP contribution in [0.25, 0.3) is 0 Å². The van der Waals surface area contributed by atoms with E-state index in [0.717, 1.165) is 0 Å². The van der Waals surface area contributed by atoms with Crippen molar-refractivity contribution in [1.82, 2.24) is 0 Å². The molecule has 1 atom stereocenters. The summed E-state index contributed by atoms with van der Waals surface area (Å²) < 4.78 is 0. The molecule has 0 heterocycles. The van der Waals surface area contributed by atoms with E-state index in [0.29, 0.717) is 0 Å². The normalized spacial score (nSPS) is 9.80. The van der Waals surface area contributed by atoms with Crippen molar-refractivity contribution >= 4 is 14.4 Å². The lowest BCUT2D eigenvalue weighted by molar-refractivity contribution is 0.221. The maximum atomic E-state index is 9.26. The predicted molar refractivity (Wildman–Crippen MR) is 20.5 cm³/mol. The average Bonchev–Trinajstić information content (AvgIpc) is 1.38. The van der Waals surface area contributed by atoms with Gasteiger partial charge in [0.25, 0.3) is 0 Å². The maximum absolute atomic E-state index is 9.26. The minimum Gasteiger partial charge on any atom is -0.477 e. The molecule has 0 aliphatic carbocycles. The Balaban J connectivity index is 2.85. The second-order valence-corrected chi connectivity index (χ2v) is 1.17. The third-order valence-corrected chi connectivity index (χ3v) is 0.370. The predicted octanol–water partition coefficient (Wildman–Crippen LogP) is 0.217. The number of nitrogens with two attached hydrogens (primary N) is 1. The van der Waals surface area contributed by atoms with Crippen molar-refractivity contribution in [2.45, 2.75) is 0 Å². The minimum atomic E-state index is -0.940. The van der Waals surface area contributed by atoms with Crippen LogP contribution in [0.15, 0.2) is 0 Å². The van der Waals surface area contributed by atoms with Crippen LogP contribution in [0.4, 0.5) is 4.79 Å². The molecule has 0 aromatic rings. The molecule has 0 aromatic heterocycles. The quantitative estimate of drug-likeness (QED) is 0.455. The van der Waals surface area contributed by atoms with Gasteiger partial charge < -0.3 is 10.6 Å². The van der Waals surface area contributed by atoms with Crippen LogP contribution in [0.2, 0.25) is 0 Å². The molecule has 3 nitrogen and oxygen atoms in total. The zero-order valence-corrected chi connectivity index (χ0v) is 3.43. The van der Waals surface area contributed by atoms with Crippen molar-refractivity contribution in [2.24, 2.45) is 5.50 Å². The Kier molecular flexibility index (Phi) is 2.06. The van der Waals surface area contributed by atoms with Gasteiger partial charge in [0.2, 0.25) is 0 Å². The Bertz CT molecular complexity index is 44.9. The van der Waals surface area contributed by atoms with E-state index in [9.17, 15) is 4.79 Å². The van der Waals surface area contributed by atoms with Crippen LogP contribution in [0, 0.1) is 0 Å². The van der Waals surface area contributed by atoms with Gasteiger partial charge in [-0.3, -0.25) is 0 Å². The van der Waals surface area contributed by atoms with Gasteiger partial charge >= 0.3 is 5.71 Å². The van der Waals surface area contributed by atoms with Gasteiger partial charge in [-0.2, -0.15) is 0 Å². The lowest BCUT2D eigenvalue weighted by Crippen LogP contribution is -1.83. The monoisotopic (exact) mass is 93.0 g/mol. The summed E-state index contributed by atoms with van der Waals surface area (Å²) in [5, 5.41) is 7.61. The summed E-state index contributed by atoms with van der Waals surface area (Å²) in [6.45, 7) is 0. The summed E-state index contributed by atoms with van der Waals surface area (Å²) in [6, 6.07) is 0. The Morgan fingerprint density at radius 2 is 2.20 bits per heavy atom. The van der Waals surface area contributed by atoms with Gasteiger partial charge in [0.05, 0.1) is 8.73 Å². The van der Waals surface area contributed by atoms with Gasteiger partial charge in [-0.1, -0.05) is 0 Å². The van der Waals surface area contributed by atoms with Crippen molar-refractivity contribution in [3.05, 3.63) is 0 Å². The molecule has 0 rings (SSSR count). The molecule has 4 heteroatoms. The van der Waals surface area contributed by atoms with Crippen LogP contribution in [-0.2, 0) is 0 Å². The van der Waals surface area contributed by atoms with E-state index < -0.39 is 14.4 Å². The van der Waals surface area contributed by atoms with Gasteiger partial charge in [0.1, 0.15) is 0 Å². The molecule has 5 heavy (non-hydrogen) atoms. The van der Waals surface area contributed by atoms with E-state index in [-0.39, 0.29) is 0 Å². The van der Waals surface area contributed by atoms with E-state index in [1.54, 1.807) is 0 Å². The molecule has 0 aromatic carbocycles. The minimum absolute atomic E-state index is 0.469. The number of hydrogen-bond acceptors (Lipinski definition) is 2. The molecular formula is CH4NO2P. The van der Waals surface area contributed by atoms with Crippen LogP contribution >= 0.6 is 8.73 Å². The summed E-state index contributed by atoms with van der Waals surface area (Å²) in [5.74, 6) is 0. The molecule has 0 spiro atoms. The third kappa shape index (κ3) is 3.86.